The minimum atomic E-state index is -4.34. The largest absolute Gasteiger partial charge is 0.506 e. The zero-order chi connectivity index (χ0) is 36.6. The van der Waals surface area contributed by atoms with Crippen molar-refractivity contribution < 1.29 is 41.8 Å². The molecule has 3 aliphatic heterocycles. The molecule has 3 heterocycles. The number of carbonyl (C=O) groups is 4. The maximum absolute atomic E-state index is 15.4. The van der Waals surface area contributed by atoms with Crippen LogP contribution < -0.4 is 29.7 Å². The molecule has 0 bridgehead atoms. The lowest BCUT2D eigenvalue weighted by Crippen LogP contribution is -2.47. The van der Waals surface area contributed by atoms with Crippen LogP contribution in [0.25, 0.3) is 10.8 Å². The summed E-state index contributed by atoms with van der Waals surface area (Å²) in [7, 11) is -4.34. The van der Waals surface area contributed by atoms with E-state index < -0.39 is 46.0 Å². The second kappa shape index (κ2) is 14.1. The zero-order valence-electron chi connectivity index (χ0n) is 27.7. The molecule has 3 aliphatic rings. The van der Waals surface area contributed by atoms with Crippen LogP contribution in [-0.2, 0) is 29.4 Å². The van der Waals surface area contributed by atoms with Gasteiger partial charge in [0.2, 0.25) is 17.7 Å². The first-order valence-electron chi connectivity index (χ1n) is 16.7. The summed E-state index contributed by atoms with van der Waals surface area (Å²) >= 11 is 0. The lowest BCUT2D eigenvalue weighted by atomic mass is 9.89. The van der Waals surface area contributed by atoms with E-state index in [1.807, 2.05) is 53.4 Å². The van der Waals surface area contributed by atoms with Gasteiger partial charge in [0.05, 0.1) is 12.2 Å². The molecule has 1 unspecified atom stereocenters. The first kappa shape index (κ1) is 34.7. The minimum Gasteiger partial charge on any atom is -0.506 e. The lowest BCUT2D eigenvalue weighted by molar-refractivity contribution is -0.133. The van der Waals surface area contributed by atoms with E-state index in [0.717, 1.165) is 18.4 Å². The van der Waals surface area contributed by atoms with E-state index in [2.05, 4.69) is 16.0 Å². The molecule has 0 saturated carbocycles. The van der Waals surface area contributed by atoms with Gasteiger partial charge in [-0.05, 0) is 97.8 Å². The molecule has 0 spiro atoms. The molecule has 0 aliphatic carbocycles. The van der Waals surface area contributed by atoms with E-state index in [-0.39, 0.29) is 47.4 Å². The number of anilines is 3. The van der Waals surface area contributed by atoms with E-state index in [9.17, 15) is 32.7 Å². The van der Waals surface area contributed by atoms with Gasteiger partial charge in [0, 0.05) is 17.5 Å². The van der Waals surface area contributed by atoms with Gasteiger partial charge in [0.1, 0.15) is 29.8 Å². The predicted octanol–water partition coefficient (Wildman–Crippen LogP) is 3.69. The van der Waals surface area contributed by atoms with E-state index in [4.69, 9.17) is 4.74 Å². The van der Waals surface area contributed by atoms with Gasteiger partial charge in [-0.25, -0.2) is 13.4 Å². The number of ether oxygens (including phenoxy) is 1. The van der Waals surface area contributed by atoms with Crippen molar-refractivity contribution in [2.45, 2.75) is 37.6 Å². The molecule has 5 N–H and O–H groups in total. The molecule has 4 aromatic rings. The summed E-state index contributed by atoms with van der Waals surface area (Å²) in [6, 6.07) is 20.1. The van der Waals surface area contributed by atoms with Crippen LogP contribution in [0.15, 0.2) is 72.8 Å². The van der Waals surface area contributed by atoms with Crippen LogP contribution in [0.2, 0.25) is 0 Å². The third-order valence-electron chi connectivity index (χ3n) is 9.36. The van der Waals surface area contributed by atoms with Crippen LogP contribution in [0.1, 0.15) is 37.2 Å². The molecule has 4 aromatic carbocycles. The summed E-state index contributed by atoms with van der Waals surface area (Å²) < 4.78 is 48.4. The Hall–Kier alpha value is -5.74. The number of benzene rings is 4. The zero-order valence-corrected chi connectivity index (χ0v) is 28.5. The Morgan fingerprint density at radius 1 is 0.962 bits per heavy atom. The maximum atomic E-state index is 15.4. The number of nitrogens with one attached hydrogen (secondary N) is 4. The Morgan fingerprint density at radius 3 is 2.44 bits per heavy atom. The summed E-state index contributed by atoms with van der Waals surface area (Å²) in [4.78, 5) is 50.8. The van der Waals surface area contributed by atoms with Crippen molar-refractivity contribution in [3.05, 3.63) is 84.2 Å². The number of nitrogens with zero attached hydrogens (tertiary/aromatic N) is 2. The van der Waals surface area contributed by atoms with Gasteiger partial charge < -0.3 is 20.5 Å². The number of aromatic hydroxyl groups is 1. The summed E-state index contributed by atoms with van der Waals surface area (Å²) in [5.74, 6) is -2.10. The number of phenols is 1. The number of halogens is 1. The molecule has 14 nitrogen and oxygen atoms in total. The lowest BCUT2D eigenvalue weighted by Gasteiger charge is -2.32. The normalized spacial score (nSPS) is 19.3. The fourth-order valence-corrected chi connectivity index (χ4v) is 7.92. The maximum Gasteiger partial charge on any atom is 0.326 e. The molecule has 7 rings (SSSR count). The molecule has 0 radical (unpaired) electrons. The van der Waals surface area contributed by atoms with Crippen LogP contribution >= 0.6 is 0 Å². The molecule has 16 heteroatoms. The molecular formula is C36H35FN6O8S. The average molecular weight is 731 g/mol. The molecule has 270 valence electrons. The van der Waals surface area contributed by atoms with Gasteiger partial charge in [0.25, 0.3) is 5.91 Å². The van der Waals surface area contributed by atoms with Crippen molar-refractivity contribution in [2.75, 3.05) is 41.1 Å². The Bertz CT molecular complexity index is 2190. The van der Waals surface area contributed by atoms with Gasteiger partial charge in [-0.1, -0.05) is 24.3 Å². The van der Waals surface area contributed by atoms with Crippen LogP contribution in [-0.4, -0.2) is 74.3 Å². The summed E-state index contributed by atoms with van der Waals surface area (Å²) in [5.41, 5.74) is 1.42. The van der Waals surface area contributed by atoms with Crippen molar-refractivity contribution in [3.8, 4) is 17.2 Å². The van der Waals surface area contributed by atoms with E-state index in [0.29, 0.717) is 46.7 Å². The van der Waals surface area contributed by atoms with Crippen molar-refractivity contribution in [2.24, 2.45) is 0 Å². The van der Waals surface area contributed by atoms with E-state index >= 15 is 4.39 Å². The molecule has 4 amide bonds. The average Bonchev–Trinajstić information content (AvgIpc) is 3.38. The highest BCUT2D eigenvalue weighted by molar-refractivity contribution is 7.92. The molecule has 1 atom stereocenters. The summed E-state index contributed by atoms with van der Waals surface area (Å²) in [6.45, 7) is 0.761. The minimum absolute atomic E-state index is 0.000433. The highest BCUT2D eigenvalue weighted by atomic mass is 32.2. The van der Waals surface area contributed by atoms with Crippen molar-refractivity contribution >= 4 is 61.7 Å². The number of piperidine rings is 2. The number of imide groups is 1. The third kappa shape index (κ3) is 7.34. The van der Waals surface area contributed by atoms with Crippen LogP contribution in [0, 0.1) is 5.82 Å². The fraction of sp³-hybridized carbons (Fsp3) is 0.278. The standard InChI is InChI=1S/C36H35FN6O8S/c37-34-26-8-7-24(16-23(26)17-29(44)35(34)43-20-33(47)41-52(43,49)50)38-32(46)19-42-14-12-21(13-15-42)22-6-9-27(39-28-10-11-31(45)40-36(28)48)30(18-22)51-25-4-2-1-3-5-25/h1-9,16-18,21,28,39,44H,10-15,19-20H2,(H,38,46)(H,41,47)(H,40,45,48). The quantitative estimate of drug-likeness (QED) is 0.159. The molecule has 52 heavy (non-hydrogen) atoms. The number of likely N-dealkylation sites (tertiary alicyclic amines) is 1. The number of amides is 4. The fourth-order valence-electron chi connectivity index (χ4n) is 6.76. The highest BCUT2D eigenvalue weighted by Crippen LogP contribution is 2.40. The first-order valence-corrected chi connectivity index (χ1v) is 18.2. The Morgan fingerprint density at radius 2 is 1.73 bits per heavy atom. The Labute approximate surface area is 298 Å². The topological polar surface area (TPSA) is 186 Å². The second-order valence-corrected chi connectivity index (χ2v) is 14.5. The molecular weight excluding hydrogens is 695 g/mol. The van der Waals surface area contributed by atoms with Crippen molar-refractivity contribution in [1.29, 1.82) is 0 Å². The molecule has 3 saturated heterocycles. The number of rotatable bonds is 9. The number of phenolic OH excluding ortho intramolecular Hbond substituents is 1. The monoisotopic (exact) mass is 730 g/mol. The van der Waals surface area contributed by atoms with Crippen molar-refractivity contribution in [3.63, 3.8) is 0 Å². The van der Waals surface area contributed by atoms with Gasteiger partial charge in [-0.15, -0.1) is 0 Å². The summed E-state index contributed by atoms with van der Waals surface area (Å²) in [6.07, 6.45) is 2.19. The van der Waals surface area contributed by atoms with Gasteiger partial charge in [-0.3, -0.25) is 29.4 Å². The molecule has 0 aromatic heterocycles. The van der Waals surface area contributed by atoms with Crippen LogP contribution in [0.5, 0.6) is 17.2 Å². The predicted molar refractivity (Wildman–Crippen MR) is 190 cm³/mol. The van der Waals surface area contributed by atoms with Gasteiger partial charge in [0.15, 0.2) is 11.6 Å². The number of fused-ring (bicyclic) bond motifs is 1. The summed E-state index contributed by atoms with van der Waals surface area (Å²) in [5, 5.41) is 19.2. The Balaban J connectivity index is 0.987. The Kier molecular flexibility index (Phi) is 9.42. The number of hydrogen-bond donors (Lipinski definition) is 5. The third-order valence-corrected chi connectivity index (χ3v) is 10.7. The second-order valence-electron chi connectivity index (χ2n) is 12.9. The van der Waals surface area contributed by atoms with Gasteiger partial charge >= 0.3 is 10.2 Å². The van der Waals surface area contributed by atoms with Gasteiger partial charge in [-0.2, -0.15) is 8.42 Å². The molecule has 3 fully saturated rings. The SMILES string of the molecule is O=C1CCC(Nc2ccc(C3CCN(CC(=O)Nc4ccc5c(F)c(N6CC(=O)NS6(=O)=O)c(O)cc5c4)CC3)cc2Oc2ccccc2)C(=O)N1. The van der Waals surface area contributed by atoms with Crippen LogP contribution in [0.4, 0.5) is 21.5 Å². The van der Waals surface area contributed by atoms with Crippen molar-refractivity contribution in [1.82, 2.24) is 14.9 Å². The number of carbonyl (C=O) groups excluding carboxylic acids is 4. The smallest absolute Gasteiger partial charge is 0.326 e. The van der Waals surface area contributed by atoms with E-state index in [1.165, 1.54) is 24.3 Å². The first-order chi connectivity index (χ1) is 24.9. The number of hydrogen-bond acceptors (Lipinski definition) is 10. The highest BCUT2D eigenvalue weighted by Gasteiger charge is 2.38. The van der Waals surface area contributed by atoms with Crippen LogP contribution in [0.3, 0.4) is 0 Å². The number of para-hydroxylation sites is 1. The van der Waals surface area contributed by atoms with E-state index in [1.54, 1.807) is 4.72 Å².